The fourth-order valence-corrected chi connectivity index (χ4v) is 1.88. The van der Waals surface area contributed by atoms with Crippen LogP contribution in [0.15, 0.2) is 77.9 Å². The normalized spacial score (nSPS) is 9.76. The molecule has 3 nitrogen and oxygen atoms in total. The van der Waals surface area contributed by atoms with Crippen LogP contribution in [0.4, 0.5) is 0 Å². The van der Waals surface area contributed by atoms with E-state index in [1.807, 2.05) is 60.7 Å². The van der Waals surface area contributed by atoms with Crippen LogP contribution in [-0.2, 0) is 9.53 Å². The molecule has 21 heavy (non-hydrogen) atoms. The summed E-state index contributed by atoms with van der Waals surface area (Å²) < 4.78 is 4.93. The van der Waals surface area contributed by atoms with Crippen LogP contribution in [0.25, 0.3) is 0 Å². The maximum Gasteiger partial charge on any atom is 0.356 e. The SMILES string of the molecule is C=C(N=C(c1ccccc1)c1ccccc1)C(=O)OCC. The van der Waals surface area contributed by atoms with E-state index in [4.69, 9.17) is 4.74 Å². The summed E-state index contributed by atoms with van der Waals surface area (Å²) in [5.74, 6) is -0.498. The highest BCUT2D eigenvalue weighted by molar-refractivity contribution is 6.14. The van der Waals surface area contributed by atoms with E-state index in [0.717, 1.165) is 11.1 Å². The van der Waals surface area contributed by atoms with Crippen LogP contribution >= 0.6 is 0 Å². The Balaban J connectivity index is 2.42. The molecule has 2 aromatic rings. The van der Waals surface area contributed by atoms with Crippen molar-refractivity contribution in [1.29, 1.82) is 0 Å². The Hall–Kier alpha value is -2.68. The van der Waals surface area contributed by atoms with Crippen molar-refractivity contribution in [1.82, 2.24) is 0 Å². The van der Waals surface area contributed by atoms with Crippen LogP contribution in [0.1, 0.15) is 18.1 Å². The second kappa shape index (κ2) is 7.20. The van der Waals surface area contributed by atoms with E-state index in [9.17, 15) is 4.79 Å². The lowest BCUT2D eigenvalue weighted by atomic mass is 10.0. The van der Waals surface area contributed by atoms with Gasteiger partial charge >= 0.3 is 5.97 Å². The zero-order valence-electron chi connectivity index (χ0n) is 12.0. The lowest BCUT2D eigenvalue weighted by Crippen LogP contribution is -2.09. The highest BCUT2D eigenvalue weighted by Gasteiger charge is 2.11. The van der Waals surface area contributed by atoms with Gasteiger partial charge in [0.1, 0.15) is 5.70 Å². The summed E-state index contributed by atoms with van der Waals surface area (Å²) in [7, 11) is 0. The highest BCUT2D eigenvalue weighted by atomic mass is 16.5. The summed E-state index contributed by atoms with van der Waals surface area (Å²) in [6.07, 6.45) is 0. The largest absolute Gasteiger partial charge is 0.461 e. The van der Waals surface area contributed by atoms with Crippen LogP contribution in [-0.4, -0.2) is 18.3 Å². The van der Waals surface area contributed by atoms with Gasteiger partial charge in [0.05, 0.1) is 12.3 Å². The molecule has 0 heterocycles. The molecule has 0 aliphatic rings. The van der Waals surface area contributed by atoms with E-state index in [1.165, 1.54) is 0 Å². The summed E-state index contributed by atoms with van der Waals surface area (Å²) >= 11 is 0. The summed E-state index contributed by atoms with van der Waals surface area (Å²) in [6, 6.07) is 19.4. The van der Waals surface area contributed by atoms with Crippen LogP contribution in [0.3, 0.4) is 0 Å². The van der Waals surface area contributed by atoms with Gasteiger partial charge in [-0.3, -0.25) is 0 Å². The molecule has 0 spiro atoms. The molecule has 0 fully saturated rings. The second-order valence-corrected chi connectivity index (χ2v) is 4.36. The number of benzene rings is 2. The van der Waals surface area contributed by atoms with Crippen LogP contribution in [0.2, 0.25) is 0 Å². The van der Waals surface area contributed by atoms with Gasteiger partial charge in [0.15, 0.2) is 0 Å². The number of esters is 1. The Bertz CT molecular complexity index is 604. The van der Waals surface area contributed by atoms with Crippen LogP contribution in [0, 0.1) is 0 Å². The van der Waals surface area contributed by atoms with Gasteiger partial charge in [-0.05, 0) is 6.92 Å². The fraction of sp³-hybridized carbons (Fsp3) is 0.111. The lowest BCUT2D eigenvalue weighted by molar-refractivity contribution is -0.138. The van der Waals surface area contributed by atoms with Crippen molar-refractivity contribution in [3.8, 4) is 0 Å². The molecule has 0 bridgehead atoms. The molecule has 0 saturated carbocycles. The first-order chi connectivity index (χ1) is 10.2. The molecule has 0 radical (unpaired) electrons. The van der Waals surface area contributed by atoms with Gasteiger partial charge < -0.3 is 4.74 Å². The minimum Gasteiger partial charge on any atom is -0.461 e. The molecule has 0 unspecified atom stereocenters. The lowest BCUT2D eigenvalue weighted by Gasteiger charge is -2.08. The van der Waals surface area contributed by atoms with Gasteiger partial charge in [-0.1, -0.05) is 67.2 Å². The molecule has 0 amide bonds. The zero-order valence-corrected chi connectivity index (χ0v) is 12.0. The molecule has 0 aromatic heterocycles. The Morgan fingerprint density at radius 3 is 1.90 bits per heavy atom. The number of rotatable bonds is 5. The summed E-state index contributed by atoms with van der Waals surface area (Å²) in [4.78, 5) is 16.1. The van der Waals surface area contributed by atoms with Crippen molar-refractivity contribution in [3.63, 3.8) is 0 Å². The number of aliphatic imine (C=N–C) groups is 1. The van der Waals surface area contributed by atoms with Crippen molar-refractivity contribution < 1.29 is 9.53 Å². The van der Waals surface area contributed by atoms with Crippen molar-refractivity contribution >= 4 is 11.7 Å². The Morgan fingerprint density at radius 2 is 1.48 bits per heavy atom. The van der Waals surface area contributed by atoms with Crippen molar-refractivity contribution in [3.05, 3.63) is 84.1 Å². The molecule has 0 aliphatic heterocycles. The van der Waals surface area contributed by atoms with Gasteiger partial charge in [-0.25, -0.2) is 9.79 Å². The number of nitrogens with zero attached hydrogens (tertiary/aromatic N) is 1. The quantitative estimate of drug-likeness (QED) is 0.476. The van der Waals surface area contributed by atoms with Gasteiger partial charge in [0, 0.05) is 11.1 Å². The summed E-state index contributed by atoms with van der Waals surface area (Å²) in [5, 5.41) is 0. The van der Waals surface area contributed by atoms with E-state index in [-0.39, 0.29) is 5.70 Å². The zero-order chi connectivity index (χ0) is 15.1. The Labute approximate surface area is 124 Å². The average molecular weight is 279 g/mol. The number of carbonyl (C=O) groups excluding carboxylic acids is 1. The summed E-state index contributed by atoms with van der Waals surface area (Å²) in [6.45, 7) is 5.76. The van der Waals surface area contributed by atoms with E-state index >= 15 is 0 Å². The minimum absolute atomic E-state index is 0.0968. The van der Waals surface area contributed by atoms with E-state index in [2.05, 4.69) is 11.6 Å². The smallest absolute Gasteiger partial charge is 0.356 e. The van der Waals surface area contributed by atoms with Crippen LogP contribution < -0.4 is 0 Å². The van der Waals surface area contributed by atoms with Gasteiger partial charge in [-0.2, -0.15) is 0 Å². The monoisotopic (exact) mass is 279 g/mol. The third kappa shape index (κ3) is 3.89. The fourth-order valence-electron chi connectivity index (χ4n) is 1.88. The van der Waals surface area contributed by atoms with Crippen molar-refractivity contribution in [2.75, 3.05) is 6.61 Å². The maximum absolute atomic E-state index is 11.7. The summed E-state index contributed by atoms with van der Waals surface area (Å²) in [5.41, 5.74) is 2.65. The van der Waals surface area contributed by atoms with E-state index < -0.39 is 5.97 Å². The predicted molar refractivity (Wildman–Crippen MR) is 84.3 cm³/mol. The number of carbonyl (C=O) groups is 1. The van der Waals surface area contributed by atoms with Gasteiger partial charge in [0.2, 0.25) is 0 Å². The molecule has 3 heteroatoms. The molecule has 0 saturated heterocycles. The first-order valence-corrected chi connectivity index (χ1v) is 6.78. The standard InChI is InChI=1S/C18H17NO2/c1-3-21-18(20)14(2)19-17(15-10-6-4-7-11-15)16-12-8-5-9-13-16/h4-13H,2-3H2,1H3. The minimum atomic E-state index is -0.498. The molecule has 2 rings (SSSR count). The first kappa shape index (κ1) is 14.7. The second-order valence-electron chi connectivity index (χ2n) is 4.36. The molecule has 2 aromatic carbocycles. The van der Waals surface area contributed by atoms with E-state index in [0.29, 0.717) is 12.3 Å². The van der Waals surface area contributed by atoms with Gasteiger partial charge in [0.25, 0.3) is 0 Å². The topological polar surface area (TPSA) is 38.7 Å². The molecule has 106 valence electrons. The molecule has 0 atom stereocenters. The molecular weight excluding hydrogens is 262 g/mol. The third-order valence-electron chi connectivity index (χ3n) is 2.85. The average Bonchev–Trinajstić information content (AvgIpc) is 2.54. The Kier molecular flexibility index (Phi) is 5.04. The number of hydrogen-bond donors (Lipinski definition) is 0. The molecular formula is C18H17NO2. The van der Waals surface area contributed by atoms with Crippen molar-refractivity contribution in [2.24, 2.45) is 4.99 Å². The Morgan fingerprint density at radius 1 is 1.00 bits per heavy atom. The number of ether oxygens (including phenoxy) is 1. The molecule has 0 N–H and O–H groups in total. The maximum atomic E-state index is 11.7. The molecule has 0 aliphatic carbocycles. The van der Waals surface area contributed by atoms with Crippen molar-refractivity contribution in [2.45, 2.75) is 6.92 Å². The predicted octanol–water partition coefficient (Wildman–Crippen LogP) is 3.60. The van der Waals surface area contributed by atoms with E-state index in [1.54, 1.807) is 6.92 Å². The van der Waals surface area contributed by atoms with Crippen LogP contribution in [0.5, 0.6) is 0 Å². The third-order valence-corrected chi connectivity index (χ3v) is 2.85. The van der Waals surface area contributed by atoms with Gasteiger partial charge in [-0.15, -0.1) is 0 Å². The first-order valence-electron chi connectivity index (χ1n) is 6.78. The highest BCUT2D eigenvalue weighted by Crippen LogP contribution is 2.13. The number of hydrogen-bond acceptors (Lipinski definition) is 3.